The van der Waals surface area contributed by atoms with E-state index in [1.165, 1.54) is 24.4 Å². The third kappa shape index (κ3) is 2.87. The van der Waals surface area contributed by atoms with Crippen LogP contribution in [-0.4, -0.2) is 9.91 Å². The molecule has 104 valence electrons. The lowest BCUT2D eigenvalue weighted by molar-refractivity contribution is -0.384. The first-order valence-electron chi connectivity index (χ1n) is 5.80. The van der Waals surface area contributed by atoms with Gasteiger partial charge in [0, 0.05) is 23.9 Å². The zero-order valence-electron chi connectivity index (χ0n) is 10.5. The molecule has 0 aliphatic rings. The van der Waals surface area contributed by atoms with Gasteiger partial charge in [-0.1, -0.05) is 6.07 Å². The predicted molar refractivity (Wildman–Crippen MR) is 69.3 cm³/mol. The second-order valence-corrected chi connectivity index (χ2v) is 4.16. The number of pyridine rings is 1. The quantitative estimate of drug-likeness (QED) is 0.687. The van der Waals surface area contributed by atoms with Crippen LogP contribution in [0.2, 0.25) is 0 Å². The Hall–Kier alpha value is -2.57. The minimum absolute atomic E-state index is 0.0359. The predicted octanol–water partition coefficient (Wildman–Crippen LogP) is 3.44. The van der Waals surface area contributed by atoms with Gasteiger partial charge in [0.15, 0.2) is 0 Å². The van der Waals surface area contributed by atoms with E-state index in [1.807, 2.05) is 0 Å². The molecule has 1 aromatic heterocycles. The molecule has 0 radical (unpaired) electrons. The van der Waals surface area contributed by atoms with Gasteiger partial charge in [-0.2, -0.15) is 0 Å². The SMILES string of the molecule is C[C@@H](Nc1ncccc1[N+](=O)[O-])c1ccc(F)cc1F. The van der Waals surface area contributed by atoms with Crippen LogP contribution in [0.25, 0.3) is 0 Å². The summed E-state index contributed by atoms with van der Waals surface area (Å²) in [6.07, 6.45) is 1.39. The minimum Gasteiger partial charge on any atom is -0.358 e. The van der Waals surface area contributed by atoms with E-state index in [-0.39, 0.29) is 17.1 Å². The zero-order valence-corrected chi connectivity index (χ0v) is 10.5. The van der Waals surface area contributed by atoms with Gasteiger partial charge in [0.1, 0.15) is 11.6 Å². The van der Waals surface area contributed by atoms with Gasteiger partial charge in [-0.05, 0) is 19.1 Å². The molecule has 20 heavy (non-hydrogen) atoms. The summed E-state index contributed by atoms with van der Waals surface area (Å²) in [5.74, 6) is -1.36. The third-order valence-electron chi connectivity index (χ3n) is 2.77. The molecule has 0 amide bonds. The lowest BCUT2D eigenvalue weighted by Crippen LogP contribution is -2.11. The Morgan fingerprint density at radius 2 is 2.10 bits per heavy atom. The van der Waals surface area contributed by atoms with Gasteiger partial charge in [0.05, 0.1) is 11.0 Å². The number of aromatic nitrogens is 1. The van der Waals surface area contributed by atoms with Crippen LogP contribution in [0.1, 0.15) is 18.5 Å². The zero-order chi connectivity index (χ0) is 14.7. The summed E-state index contributed by atoms with van der Waals surface area (Å²) in [7, 11) is 0. The second kappa shape index (κ2) is 5.60. The maximum absolute atomic E-state index is 13.6. The van der Waals surface area contributed by atoms with Gasteiger partial charge in [-0.3, -0.25) is 10.1 Å². The van der Waals surface area contributed by atoms with Gasteiger partial charge in [-0.15, -0.1) is 0 Å². The van der Waals surface area contributed by atoms with Crippen LogP contribution < -0.4 is 5.32 Å². The van der Waals surface area contributed by atoms with Gasteiger partial charge in [0.25, 0.3) is 0 Å². The van der Waals surface area contributed by atoms with Crippen molar-refractivity contribution in [2.45, 2.75) is 13.0 Å². The van der Waals surface area contributed by atoms with Crippen LogP contribution in [0.3, 0.4) is 0 Å². The van der Waals surface area contributed by atoms with Crippen molar-refractivity contribution in [1.82, 2.24) is 4.98 Å². The highest BCUT2D eigenvalue weighted by molar-refractivity contribution is 5.56. The molecule has 7 heteroatoms. The number of nitro groups is 1. The summed E-state index contributed by atoms with van der Waals surface area (Å²) in [5.41, 5.74) is -0.00628. The molecule has 0 aliphatic heterocycles. The maximum Gasteiger partial charge on any atom is 0.311 e. The topological polar surface area (TPSA) is 68.1 Å². The van der Waals surface area contributed by atoms with Crippen LogP contribution in [0.15, 0.2) is 36.5 Å². The highest BCUT2D eigenvalue weighted by Gasteiger charge is 2.18. The van der Waals surface area contributed by atoms with Crippen LogP contribution in [0, 0.1) is 21.7 Å². The lowest BCUT2D eigenvalue weighted by atomic mass is 10.1. The molecule has 1 N–H and O–H groups in total. The minimum atomic E-state index is -0.719. The molecular weight excluding hydrogens is 268 g/mol. The van der Waals surface area contributed by atoms with Crippen molar-refractivity contribution < 1.29 is 13.7 Å². The molecule has 0 aliphatic carbocycles. The summed E-state index contributed by atoms with van der Waals surface area (Å²) < 4.78 is 26.5. The van der Waals surface area contributed by atoms with E-state index < -0.39 is 22.6 Å². The van der Waals surface area contributed by atoms with Gasteiger partial charge in [0.2, 0.25) is 5.82 Å². The molecule has 2 aromatic rings. The molecule has 0 unspecified atom stereocenters. The monoisotopic (exact) mass is 279 g/mol. The summed E-state index contributed by atoms with van der Waals surface area (Å²) in [5, 5.41) is 13.6. The lowest BCUT2D eigenvalue weighted by Gasteiger charge is -2.15. The molecule has 0 fully saturated rings. The highest BCUT2D eigenvalue weighted by Crippen LogP contribution is 2.26. The second-order valence-electron chi connectivity index (χ2n) is 4.16. The van der Waals surface area contributed by atoms with Crippen LogP contribution in [0.4, 0.5) is 20.3 Å². The Bertz CT molecular complexity index is 649. The molecule has 0 saturated heterocycles. The van der Waals surface area contributed by atoms with E-state index in [0.29, 0.717) is 0 Å². The first-order valence-corrected chi connectivity index (χ1v) is 5.80. The molecule has 0 saturated carbocycles. The smallest absolute Gasteiger partial charge is 0.311 e. The Morgan fingerprint density at radius 3 is 2.75 bits per heavy atom. The van der Waals surface area contributed by atoms with Crippen LogP contribution in [0.5, 0.6) is 0 Å². The van der Waals surface area contributed by atoms with Crippen LogP contribution >= 0.6 is 0 Å². The molecule has 2 rings (SSSR count). The molecule has 5 nitrogen and oxygen atoms in total. The number of benzene rings is 1. The molecular formula is C13H11F2N3O2. The normalized spacial score (nSPS) is 11.9. The van der Waals surface area contributed by atoms with Crippen molar-refractivity contribution in [3.05, 3.63) is 63.8 Å². The highest BCUT2D eigenvalue weighted by atomic mass is 19.1. The Labute approximate surface area is 113 Å². The number of anilines is 1. The standard InChI is InChI=1S/C13H11F2N3O2/c1-8(10-5-4-9(14)7-11(10)15)17-13-12(18(19)20)3-2-6-16-13/h2-8H,1H3,(H,16,17)/t8-/m1/s1. The summed E-state index contributed by atoms with van der Waals surface area (Å²) in [6, 6.07) is 5.32. The van der Waals surface area contributed by atoms with Crippen molar-refractivity contribution in [2.24, 2.45) is 0 Å². The third-order valence-corrected chi connectivity index (χ3v) is 2.77. The molecule has 0 bridgehead atoms. The van der Waals surface area contributed by atoms with Gasteiger partial charge in [-0.25, -0.2) is 13.8 Å². The van der Waals surface area contributed by atoms with E-state index in [4.69, 9.17) is 0 Å². The number of hydrogen-bond acceptors (Lipinski definition) is 4. The fraction of sp³-hybridized carbons (Fsp3) is 0.154. The average Bonchev–Trinajstić information content (AvgIpc) is 2.38. The van der Waals surface area contributed by atoms with E-state index in [2.05, 4.69) is 10.3 Å². The molecule has 1 aromatic carbocycles. The molecule has 1 heterocycles. The summed E-state index contributed by atoms with van der Waals surface area (Å²) >= 11 is 0. The first-order chi connectivity index (χ1) is 9.49. The fourth-order valence-electron chi connectivity index (χ4n) is 1.79. The van der Waals surface area contributed by atoms with E-state index in [0.717, 1.165) is 12.1 Å². The van der Waals surface area contributed by atoms with E-state index >= 15 is 0 Å². The van der Waals surface area contributed by atoms with Crippen molar-refractivity contribution in [3.63, 3.8) is 0 Å². The number of hydrogen-bond donors (Lipinski definition) is 1. The first kappa shape index (κ1) is 13.9. The van der Waals surface area contributed by atoms with Crippen molar-refractivity contribution in [3.8, 4) is 0 Å². The molecule has 0 spiro atoms. The van der Waals surface area contributed by atoms with Gasteiger partial charge < -0.3 is 5.32 Å². The number of nitrogens with one attached hydrogen (secondary N) is 1. The van der Waals surface area contributed by atoms with Crippen molar-refractivity contribution in [1.29, 1.82) is 0 Å². The van der Waals surface area contributed by atoms with E-state index in [9.17, 15) is 18.9 Å². The van der Waals surface area contributed by atoms with E-state index in [1.54, 1.807) is 6.92 Å². The van der Waals surface area contributed by atoms with Gasteiger partial charge >= 0.3 is 5.69 Å². The number of nitrogens with zero attached hydrogens (tertiary/aromatic N) is 2. The maximum atomic E-state index is 13.6. The fourth-order valence-corrected chi connectivity index (χ4v) is 1.79. The summed E-state index contributed by atoms with van der Waals surface area (Å²) in [6.45, 7) is 1.61. The number of halogens is 2. The Morgan fingerprint density at radius 1 is 1.35 bits per heavy atom. The van der Waals surface area contributed by atoms with Crippen LogP contribution in [-0.2, 0) is 0 Å². The molecule has 1 atom stereocenters. The number of rotatable bonds is 4. The van der Waals surface area contributed by atoms with Crippen molar-refractivity contribution >= 4 is 11.5 Å². The van der Waals surface area contributed by atoms with Crippen molar-refractivity contribution in [2.75, 3.05) is 5.32 Å². The Balaban J connectivity index is 2.28. The Kier molecular flexibility index (Phi) is 3.88. The average molecular weight is 279 g/mol. The largest absolute Gasteiger partial charge is 0.358 e. The summed E-state index contributed by atoms with van der Waals surface area (Å²) in [4.78, 5) is 14.1.